The molecule has 3 saturated heterocycles. The van der Waals surface area contributed by atoms with Crippen LogP contribution in [-0.2, 0) is 39.8 Å². The number of aromatic nitrogens is 3. The highest BCUT2D eigenvalue weighted by Gasteiger charge is 2.51. The van der Waals surface area contributed by atoms with E-state index in [2.05, 4.69) is 58.3 Å². The van der Waals surface area contributed by atoms with E-state index in [9.17, 15) is 14.4 Å². The molecule has 4 aliphatic heterocycles. The Kier molecular flexibility index (Phi) is 10.6. The molecule has 5 aliphatic rings. The molecule has 7 heterocycles. The molecular weight excluding hydrogens is 767 g/mol. The number of pyridine rings is 1. The Balaban J connectivity index is 1.21. The normalized spacial score (nSPS) is 27.4. The predicted molar refractivity (Wildman–Crippen MR) is 221 cm³/mol. The van der Waals surface area contributed by atoms with E-state index in [1.165, 1.54) is 5.01 Å². The van der Waals surface area contributed by atoms with E-state index in [-0.39, 0.29) is 30.4 Å². The third kappa shape index (κ3) is 7.42. The smallest absolute Gasteiger partial charge is 0.324 e. The van der Waals surface area contributed by atoms with Crippen LogP contribution in [0.15, 0.2) is 47.2 Å². The first-order chi connectivity index (χ1) is 28.8. The summed E-state index contributed by atoms with van der Waals surface area (Å²) in [6, 6.07) is 8.12. The zero-order valence-corrected chi connectivity index (χ0v) is 35.7. The number of amides is 2. The monoisotopic (exact) mass is 823 g/mol. The number of nitrogens with one attached hydrogen (secondary N) is 2. The van der Waals surface area contributed by atoms with Crippen LogP contribution in [-0.4, -0.2) is 113 Å². The summed E-state index contributed by atoms with van der Waals surface area (Å²) in [6.07, 6.45) is 6.28. The summed E-state index contributed by atoms with van der Waals surface area (Å²) in [4.78, 5) is 54.7. The van der Waals surface area contributed by atoms with Crippen LogP contribution in [0.1, 0.15) is 95.6 Å². The quantitative estimate of drug-likeness (QED) is 0.221. The Morgan fingerprint density at radius 1 is 1.10 bits per heavy atom. The van der Waals surface area contributed by atoms with E-state index < -0.39 is 47.1 Å². The van der Waals surface area contributed by atoms with E-state index in [0.29, 0.717) is 57.2 Å². The van der Waals surface area contributed by atoms with Gasteiger partial charge in [0.1, 0.15) is 36.2 Å². The molecule has 320 valence electrons. The van der Waals surface area contributed by atoms with Crippen molar-refractivity contribution < 1.29 is 37.7 Å². The number of benzene rings is 1. The Morgan fingerprint density at radius 2 is 1.90 bits per heavy atom. The van der Waals surface area contributed by atoms with Gasteiger partial charge in [-0.05, 0) is 75.8 Å². The lowest BCUT2D eigenvalue weighted by Crippen LogP contribution is -2.68. The molecule has 4 aromatic rings. The number of ether oxygens (including phenoxy) is 4. The Bertz CT molecular complexity index is 2290. The molecule has 6 bridgehead atoms. The summed E-state index contributed by atoms with van der Waals surface area (Å²) >= 11 is 0. The zero-order valence-electron chi connectivity index (χ0n) is 35.7. The van der Waals surface area contributed by atoms with Crippen molar-refractivity contribution in [3.05, 3.63) is 59.9 Å². The molecule has 0 radical (unpaired) electrons. The molecule has 9 rings (SSSR count). The summed E-state index contributed by atoms with van der Waals surface area (Å²) in [6.45, 7) is 12.1. The van der Waals surface area contributed by atoms with Crippen LogP contribution in [0.25, 0.3) is 33.4 Å². The molecule has 1 saturated carbocycles. The van der Waals surface area contributed by atoms with Crippen molar-refractivity contribution >= 4 is 28.7 Å². The number of carbonyl (C=O) groups excluding carboxylic acids is 3. The average Bonchev–Trinajstić information content (AvgIpc) is 3.87. The fourth-order valence-electron chi connectivity index (χ4n) is 9.39. The van der Waals surface area contributed by atoms with Gasteiger partial charge < -0.3 is 33.2 Å². The van der Waals surface area contributed by atoms with Gasteiger partial charge in [0.25, 0.3) is 5.91 Å². The number of oxazole rings is 1. The molecule has 1 aromatic carbocycles. The van der Waals surface area contributed by atoms with Crippen LogP contribution in [0.5, 0.6) is 0 Å². The second-order valence-corrected chi connectivity index (χ2v) is 18.5. The number of esters is 1. The number of hydrogen-bond acceptors (Lipinski definition) is 12. The van der Waals surface area contributed by atoms with Crippen molar-refractivity contribution in [2.75, 3.05) is 47.1 Å². The third-order valence-corrected chi connectivity index (χ3v) is 13.1. The second kappa shape index (κ2) is 15.7. The number of cyclic esters (lactones) is 1. The molecule has 15 nitrogen and oxygen atoms in total. The summed E-state index contributed by atoms with van der Waals surface area (Å²) in [5, 5.41) is 5.57. The number of hydrazine groups is 1. The zero-order chi connectivity index (χ0) is 42.1. The van der Waals surface area contributed by atoms with Gasteiger partial charge in [0.15, 0.2) is 0 Å². The fourth-order valence-corrected chi connectivity index (χ4v) is 9.39. The molecule has 3 aromatic heterocycles. The molecule has 60 heavy (non-hydrogen) atoms. The second-order valence-electron chi connectivity index (χ2n) is 18.5. The van der Waals surface area contributed by atoms with E-state index in [0.717, 1.165) is 51.8 Å². The summed E-state index contributed by atoms with van der Waals surface area (Å²) in [5.41, 5.74) is 8.85. The number of nitrogens with zero attached hydrogens (tertiary/aromatic N) is 5. The van der Waals surface area contributed by atoms with E-state index in [4.69, 9.17) is 33.3 Å². The number of carbonyl (C=O) groups is 3. The average molecular weight is 824 g/mol. The summed E-state index contributed by atoms with van der Waals surface area (Å²) < 4.78 is 32.3. The Hall–Kier alpha value is -4.67. The van der Waals surface area contributed by atoms with E-state index >= 15 is 0 Å². The molecule has 2 N–H and O–H groups in total. The molecule has 6 atom stereocenters. The van der Waals surface area contributed by atoms with Crippen molar-refractivity contribution in [2.24, 2.45) is 11.3 Å². The van der Waals surface area contributed by atoms with Crippen molar-refractivity contribution in [1.82, 2.24) is 35.2 Å². The minimum atomic E-state index is -1.14. The third-order valence-electron chi connectivity index (χ3n) is 13.1. The minimum absolute atomic E-state index is 0.00775. The molecule has 1 aliphatic carbocycles. The number of rotatable bonds is 8. The highest BCUT2D eigenvalue weighted by Crippen LogP contribution is 2.48. The van der Waals surface area contributed by atoms with Gasteiger partial charge in [0.2, 0.25) is 11.8 Å². The van der Waals surface area contributed by atoms with Crippen LogP contribution in [0.4, 0.5) is 0 Å². The van der Waals surface area contributed by atoms with Crippen molar-refractivity contribution in [1.29, 1.82) is 0 Å². The topological polar surface area (TPSA) is 163 Å². The maximum Gasteiger partial charge on any atom is 0.324 e. The van der Waals surface area contributed by atoms with Gasteiger partial charge in [-0.3, -0.25) is 29.3 Å². The maximum atomic E-state index is 14.9. The molecule has 4 fully saturated rings. The van der Waals surface area contributed by atoms with Crippen molar-refractivity contribution in [3.8, 4) is 22.5 Å². The largest absolute Gasteiger partial charge is 0.464 e. The Morgan fingerprint density at radius 3 is 2.60 bits per heavy atom. The van der Waals surface area contributed by atoms with Gasteiger partial charge in [-0.15, -0.1) is 0 Å². The first-order valence-electron chi connectivity index (χ1n) is 21.3. The SMILES string of the molecule is CO[C@@H](C)c1ncccc1-c1c2c3cc(ccc3n1C1CC1)-c1coc(n1)[C@@H](N1CC(C)(OC)C1)[C@H](NC(=O)[C@@H]1OC[C@@H]1C)C(=O)N1CCC[C@H](N1)C(=O)OCC(C)(C)C2. The first-order valence-corrected chi connectivity index (χ1v) is 21.3. The number of hydrogen-bond donors (Lipinski definition) is 2. The predicted octanol–water partition coefficient (Wildman–Crippen LogP) is 5.30. The van der Waals surface area contributed by atoms with Gasteiger partial charge in [-0.1, -0.05) is 26.8 Å². The molecular formula is C45H57N7O8. The number of fused-ring (bicyclic) bond motifs is 6. The molecule has 0 spiro atoms. The fraction of sp³-hybridized carbons (Fsp3) is 0.578. The van der Waals surface area contributed by atoms with Gasteiger partial charge in [-0.2, -0.15) is 0 Å². The first kappa shape index (κ1) is 40.7. The van der Waals surface area contributed by atoms with Crippen LogP contribution < -0.4 is 10.7 Å². The standard InChI is InChI=1S/C45H57N7O8/c1-25-20-58-39(25)40(53)48-36-38(50-22-45(5,23-50)57-7)41-47-33(21-59-41)27-12-15-34-30(18-27)31(19-44(3,4)24-60-43(55)32-11-9-17-51(49-32)42(36)54)37(52(34)28-13-14-28)29-10-8-16-46-35(29)26(2)56-6/h8,10,12,15-16,18,21,25-26,28,32,36,38-39,49H,9,11,13-14,17,19-20,22-24H2,1-7H3,(H,48,53)/t25-,26-,32-,36-,38-,39+/m0/s1. The lowest BCUT2D eigenvalue weighted by atomic mass is 9.84. The van der Waals surface area contributed by atoms with Crippen molar-refractivity contribution in [2.45, 2.75) is 109 Å². The van der Waals surface area contributed by atoms with Gasteiger partial charge in [0.05, 0.1) is 36.3 Å². The number of methoxy groups -OCH3 is 2. The number of likely N-dealkylation sites (tertiary alicyclic amines) is 1. The van der Waals surface area contributed by atoms with Crippen molar-refractivity contribution in [3.63, 3.8) is 0 Å². The van der Waals surface area contributed by atoms with Gasteiger partial charge in [-0.25, -0.2) is 10.4 Å². The highest BCUT2D eigenvalue weighted by molar-refractivity contribution is 5.95. The highest BCUT2D eigenvalue weighted by atomic mass is 16.5. The molecule has 2 amide bonds. The van der Waals surface area contributed by atoms with E-state index in [1.807, 2.05) is 33.0 Å². The lowest BCUT2D eigenvalue weighted by Gasteiger charge is -2.51. The Labute approximate surface area is 350 Å². The lowest BCUT2D eigenvalue weighted by molar-refractivity contribution is -0.167. The molecule has 15 heteroatoms. The maximum absolute atomic E-state index is 14.9. The van der Waals surface area contributed by atoms with Crippen LogP contribution >= 0.6 is 0 Å². The van der Waals surface area contributed by atoms with Gasteiger partial charge in [0, 0.05) is 79.5 Å². The van der Waals surface area contributed by atoms with Crippen LogP contribution in [0, 0.1) is 11.3 Å². The summed E-state index contributed by atoms with van der Waals surface area (Å²) in [7, 11) is 3.37. The van der Waals surface area contributed by atoms with Crippen LogP contribution in [0.3, 0.4) is 0 Å². The minimum Gasteiger partial charge on any atom is -0.464 e. The van der Waals surface area contributed by atoms with Crippen LogP contribution in [0.2, 0.25) is 0 Å². The van der Waals surface area contributed by atoms with E-state index in [1.54, 1.807) is 20.5 Å². The molecule has 0 unspecified atom stereocenters. The summed E-state index contributed by atoms with van der Waals surface area (Å²) in [5.74, 6) is -0.960. The van der Waals surface area contributed by atoms with Gasteiger partial charge >= 0.3 is 5.97 Å².